The van der Waals surface area contributed by atoms with Gasteiger partial charge < -0.3 is 10.5 Å². The van der Waals surface area contributed by atoms with Gasteiger partial charge in [0.15, 0.2) is 0 Å². The lowest BCUT2D eigenvalue weighted by molar-refractivity contribution is 0.215. The van der Waals surface area contributed by atoms with Gasteiger partial charge in [-0.15, -0.1) is 5.10 Å². The Bertz CT molecular complexity index is 455. The maximum absolute atomic E-state index is 7.61. The SMILES string of the molecule is Cc1nnc(OCCC2CCC2)c(C(=N)N)c1C. The number of rotatable bonds is 5. The van der Waals surface area contributed by atoms with Crippen LogP contribution in [0.1, 0.15) is 42.5 Å². The second kappa shape index (κ2) is 5.33. The number of nitrogens with one attached hydrogen (secondary N) is 1. The average molecular weight is 248 g/mol. The molecular formula is C13H20N4O. The van der Waals surface area contributed by atoms with Crippen LogP contribution in [0, 0.1) is 25.2 Å². The van der Waals surface area contributed by atoms with Crippen molar-refractivity contribution >= 4 is 5.84 Å². The van der Waals surface area contributed by atoms with Crippen LogP contribution in [-0.4, -0.2) is 22.6 Å². The minimum atomic E-state index is -0.0101. The van der Waals surface area contributed by atoms with E-state index < -0.39 is 0 Å². The number of hydrogen-bond acceptors (Lipinski definition) is 4. The number of aromatic nitrogens is 2. The summed E-state index contributed by atoms with van der Waals surface area (Å²) in [5, 5.41) is 15.6. The molecule has 0 aromatic carbocycles. The highest BCUT2D eigenvalue weighted by molar-refractivity contribution is 5.98. The molecule has 18 heavy (non-hydrogen) atoms. The maximum Gasteiger partial charge on any atom is 0.244 e. The lowest BCUT2D eigenvalue weighted by atomic mass is 9.83. The number of nitrogens with two attached hydrogens (primary N) is 1. The Kier molecular flexibility index (Phi) is 3.79. The molecule has 0 spiro atoms. The standard InChI is InChI=1S/C13H20N4O/c1-8-9(2)16-17-13(11(8)12(14)15)18-7-6-10-4-3-5-10/h10H,3-7H2,1-2H3,(H3,14,15). The van der Waals surface area contributed by atoms with Crippen LogP contribution in [0.4, 0.5) is 0 Å². The molecule has 0 unspecified atom stereocenters. The molecule has 0 amide bonds. The van der Waals surface area contributed by atoms with E-state index in [-0.39, 0.29) is 5.84 Å². The Morgan fingerprint density at radius 3 is 2.67 bits per heavy atom. The van der Waals surface area contributed by atoms with Crippen molar-refractivity contribution in [2.75, 3.05) is 6.61 Å². The number of hydrogen-bond donors (Lipinski definition) is 2. The summed E-state index contributed by atoms with van der Waals surface area (Å²) in [4.78, 5) is 0. The van der Waals surface area contributed by atoms with Gasteiger partial charge in [-0.25, -0.2) is 0 Å². The predicted octanol–water partition coefficient (Wildman–Crippen LogP) is 1.95. The summed E-state index contributed by atoms with van der Waals surface area (Å²) >= 11 is 0. The van der Waals surface area contributed by atoms with E-state index in [4.69, 9.17) is 15.9 Å². The second-order valence-corrected chi connectivity index (χ2v) is 4.94. The van der Waals surface area contributed by atoms with Crippen molar-refractivity contribution in [3.05, 3.63) is 16.8 Å². The molecule has 0 aliphatic heterocycles. The molecule has 0 radical (unpaired) electrons. The van der Waals surface area contributed by atoms with Gasteiger partial charge in [0.2, 0.25) is 5.88 Å². The van der Waals surface area contributed by atoms with Crippen molar-refractivity contribution in [1.82, 2.24) is 10.2 Å². The van der Waals surface area contributed by atoms with Crippen LogP contribution in [0.3, 0.4) is 0 Å². The molecule has 1 aromatic heterocycles. The van der Waals surface area contributed by atoms with Gasteiger partial charge in [-0.1, -0.05) is 19.3 Å². The van der Waals surface area contributed by atoms with Gasteiger partial charge in [0.25, 0.3) is 0 Å². The first-order valence-electron chi connectivity index (χ1n) is 6.40. The van der Waals surface area contributed by atoms with Gasteiger partial charge in [-0.05, 0) is 31.7 Å². The summed E-state index contributed by atoms with van der Waals surface area (Å²) in [6.45, 7) is 4.37. The Morgan fingerprint density at radius 1 is 1.39 bits per heavy atom. The molecule has 1 aliphatic carbocycles. The van der Waals surface area contributed by atoms with Crippen molar-refractivity contribution in [2.45, 2.75) is 39.5 Å². The summed E-state index contributed by atoms with van der Waals surface area (Å²) in [5.74, 6) is 1.18. The zero-order chi connectivity index (χ0) is 13.1. The van der Waals surface area contributed by atoms with Crippen molar-refractivity contribution in [2.24, 2.45) is 11.7 Å². The number of nitrogen functional groups attached to an aromatic ring is 1. The van der Waals surface area contributed by atoms with E-state index in [2.05, 4.69) is 10.2 Å². The van der Waals surface area contributed by atoms with Gasteiger partial charge in [-0.2, -0.15) is 5.10 Å². The van der Waals surface area contributed by atoms with Gasteiger partial charge >= 0.3 is 0 Å². The van der Waals surface area contributed by atoms with Crippen molar-refractivity contribution in [3.63, 3.8) is 0 Å². The molecule has 2 rings (SSSR count). The Hall–Kier alpha value is -1.65. The number of aryl methyl sites for hydroxylation is 1. The van der Waals surface area contributed by atoms with Crippen molar-refractivity contribution in [3.8, 4) is 5.88 Å². The third kappa shape index (κ3) is 2.60. The fourth-order valence-electron chi connectivity index (χ4n) is 2.11. The van der Waals surface area contributed by atoms with E-state index >= 15 is 0 Å². The van der Waals surface area contributed by atoms with E-state index in [0.717, 1.165) is 23.6 Å². The molecule has 1 fully saturated rings. The van der Waals surface area contributed by atoms with Crippen LogP contribution in [0.15, 0.2) is 0 Å². The highest BCUT2D eigenvalue weighted by atomic mass is 16.5. The largest absolute Gasteiger partial charge is 0.476 e. The van der Waals surface area contributed by atoms with E-state index in [1.807, 2.05) is 13.8 Å². The highest BCUT2D eigenvalue weighted by Crippen LogP contribution is 2.29. The van der Waals surface area contributed by atoms with Crippen LogP contribution in [0.25, 0.3) is 0 Å². The monoisotopic (exact) mass is 248 g/mol. The molecule has 1 aliphatic rings. The molecular weight excluding hydrogens is 228 g/mol. The number of ether oxygens (including phenoxy) is 1. The van der Waals surface area contributed by atoms with Gasteiger partial charge in [0.05, 0.1) is 17.9 Å². The quantitative estimate of drug-likeness (QED) is 0.616. The van der Waals surface area contributed by atoms with Crippen LogP contribution in [0.2, 0.25) is 0 Å². The lowest BCUT2D eigenvalue weighted by Crippen LogP contribution is -2.19. The number of nitrogens with zero attached hydrogens (tertiary/aromatic N) is 2. The topological polar surface area (TPSA) is 84.9 Å². The molecule has 5 heteroatoms. The Morgan fingerprint density at radius 2 is 2.11 bits per heavy atom. The fourth-order valence-corrected chi connectivity index (χ4v) is 2.11. The summed E-state index contributed by atoms with van der Waals surface area (Å²) in [6.07, 6.45) is 5.00. The maximum atomic E-state index is 7.61. The minimum absolute atomic E-state index is 0.0101. The summed E-state index contributed by atoms with van der Waals surface area (Å²) in [6, 6.07) is 0. The van der Waals surface area contributed by atoms with Gasteiger partial charge in [-0.3, -0.25) is 5.41 Å². The highest BCUT2D eigenvalue weighted by Gasteiger charge is 2.19. The van der Waals surface area contributed by atoms with E-state index in [0.29, 0.717) is 18.1 Å². The van der Waals surface area contributed by atoms with Gasteiger partial charge in [0, 0.05) is 0 Å². The Balaban J connectivity index is 2.06. The molecule has 3 N–H and O–H groups in total. The van der Waals surface area contributed by atoms with Crippen molar-refractivity contribution in [1.29, 1.82) is 5.41 Å². The van der Waals surface area contributed by atoms with Crippen LogP contribution in [-0.2, 0) is 0 Å². The third-order valence-electron chi connectivity index (χ3n) is 3.68. The summed E-state index contributed by atoms with van der Waals surface area (Å²) in [5.41, 5.74) is 7.82. The van der Waals surface area contributed by atoms with Crippen molar-refractivity contribution < 1.29 is 4.74 Å². The zero-order valence-electron chi connectivity index (χ0n) is 11.0. The first-order valence-corrected chi connectivity index (χ1v) is 6.40. The lowest BCUT2D eigenvalue weighted by Gasteiger charge is -2.25. The summed E-state index contributed by atoms with van der Waals surface area (Å²) < 4.78 is 5.65. The fraction of sp³-hybridized carbons (Fsp3) is 0.615. The van der Waals surface area contributed by atoms with E-state index in [1.165, 1.54) is 19.3 Å². The molecule has 1 aromatic rings. The molecule has 0 atom stereocenters. The smallest absolute Gasteiger partial charge is 0.244 e. The first-order chi connectivity index (χ1) is 8.59. The van der Waals surface area contributed by atoms with E-state index in [1.54, 1.807) is 0 Å². The van der Waals surface area contributed by atoms with Crippen LogP contribution >= 0.6 is 0 Å². The number of amidine groups is 1. The molecule has 0 saturated heterocycles. The molecule has 98 valence electrons. The second-order valence-electron chi connectivity index (χ2n) is 4.94. The van der Waals surface area contributed by atoms with Crippen LogP contribution in [0.5, 0.6) is 5.88 Å². The molecule has 1 saturated carbocycles. The molecule has 1 heterocycles. The molecule has 0 bridgehead atoms. The normalized spacial score (nSPS) is 15.2. The first kappa shape index (κ1) is 12.8. The zero-order valence-corrected chi connectivity index (χ0v) is 11.0. The van der Waals surface area contributed by atoms with Gasteiger partial charge in [0.1, 0.15) is 5.84 Å². The Labute approximate surface area is 107 Å². The minimum Gasteiger partial charge on any atom is -0.476 e. The van der Waals surface area contributed by atoms with E-state index in [9.17, 15) is 0 Å². The summed E-state index contributed by atoms with van der Waals surface area (Å²) in [7, 11) is 0. The molecule has 5 nitrogen and oxygen atoms in total. The van der Waals surface area contributed by atoms with Crippen LogP contribution < -0.4 is 10.5 Å². The third-order valence-corrected chi connectivity index (χ3v) is 3.68. The predicted molar refractivity (Wildman–Crippen MR) is 70.0 cm³/mol. The average Bonchev–Trinajstić information content (AvgIpc) is 2.26.